The van der Waals surface area contributed by atoms with Gasteiger partial charge >= 0.3 is 0 Å². The summed E-state index contributed by atoms with van der Waals surface area (Å²) >= 11 is 1.93. The first-order valence-corrected chi connectivity index (χ1v) is 9.02. The van der Waals surface area contributed by atoms with Gasteiger partial charge in [-0.15, -0.1) is 0 Å². The smallest absolute Gasteiger partial charge is 0.205 e. The Kier molecular flexibility index (Phi) is 9.99. The molecule has 4 nitrogen and oxygen atoms in total. The third kappa shape index (κ3) is 8.37. The Hall–Kier alpha value is -0.420. The minimum absolute atomic E-state index is 0.560. The van der Waals surface area contributed by atoms with Crippen LogP contribution < -0.4 is 16.6 Å². The Morgan fingerprint density at radius 3 is 2.58 bits per heavy atom. The maximum atomic E-state index is 5.52. The van der Waals surface area contributed by atoms with Crippen LogP contribution >= 0.6 is 11.8 Å². The van der Waals surface area contributed by atoms with Crippen molar-refractivity contribution in [1.29, 1.82) is 0 Å². The van der Waals surface area contributed by atoms with Crippen molar-refractivity contribution >= 4 is 17.7 Å². The predicted octanol–water partition coefficient (Wildman–Crippen LogP) is 2.65. The third-order valence-corrected chi connectivity index (χ3v) is 4.31. The van der Waals surface area contributed by atoms with Crippen LogP contribution in [0.2, 0.25) is 0 Å². The summed E-state index contributed by atoms with van der Waals surface area (Å²) in [6, 6.07) is 0.560. The van der Waals surface area contributed by atoms with Crippen molar-refractivity contribution in [3.8, 4) is 0 Å². The van der Waals surface area contributed by atoms with Crippen LogP contribution in [0, 0.1) is 0 Å². The molecule has 1 rings (SSSR count). The number of nitrogens with zero attached hydrogens (tertiary/aromatic N) is 1. The van der Waals surface area contributed by atoms with E-state index in [0.717, 1.165) is 18.9 Å². The zero-order valence-electron chi connectivity index (χ0n) is 12.3. The maximum Gasteiger partial charge on any atom is 0.205 e. The number of thioether (sulfide) groups is 1. The highest BCUT2D eigenvalue weighted by Crippen LogP contribution is 2.17. The van der Waals surface area contributed by atoms with E-state index in [0.29, 0.717) is 6.04 Å². The van der Waals surface area contributed by atoms with E-state index in [1.165, 1.54) is 57.1 Å². The van der Waals surface area contributed by atoms with Crippen LogP contribution in [0.5, 0.6) is 0 Å². The number of nitrogens with two attached hydrogens (primary N) is 1. The Bertz CT molecular complexity index is 240. The molecule has 1 fully saturated rings. The van der Waals surface area contributed by atoms with Gasteiger partial charge in [0.1, 0.15) is 0 Å². The second-order valence-electron chi connectivity index (χ2n) is 5.26. The first-order chi connectivity index (χ1) is 9.36. The summed E-state index contributed by atoms with van der Waals surface area (Å²) < 4.78 is 0. The molecule has 0 unspecified atom stereocenters. The number of guanidine groups is 1. The molecule has 0 spiro atoms. The van der Waals surface area contributed by atoms with Crippen LogP contribution in [-0.2, 0) is 0 Å². The Morgan fingerprint density at radius 1 is 1.16 bits per heavy atom. The summed E-state index contributed by atoms with van der Waals surface area (Å²) in [5, 5.41) is 3.43. The molecule has 1 aliphatic rings. The zero-order chi connectivity index (χ0) is 13.8. The van der Waals surface area contributed by atoms with Crippen molar-refractivity contribution in [3.63, 3.8) is 0 Å². The Labute approximate surface area is 122 Å². The molecule has 4 N–H and O–H groups in total. The van der Waals surface area contributed by atoms with Gasteiger partial charge in [-0.2, -0.15) is 11.8 Å². The van der Waals surface area contributed by atoms with E-state index >= 15 is 0 Å². The van der Waals surface area contributed by atoms with Gasteiger partial charge in [-0.3, -0.25) is 10.4 Å². The summed E-state index contributed by atoms with van der Waals surface area (Å²) in [5.74, 6) is 7.58. The number of unbranched alkanes of at least 4 members (excludes halogenated alkanes) is 3. The minimum Gasteiger partial charge on any atom is -0.353 e. The van der Waals surface area contributed by atoms with Gasteiger partial charge < -0.3 is 5.32 Å². The summed E-state index contributed by atoms with van der Waals surface area (Å²) in [6.07, 6.45) is 13.8. The molecule has 5 heteroatoms. The highest BCUT2D eigenvalue weighted by Gasteiger charge is 2.13. The van der Waals surface area contributed by atoms with Crippen molar-refractivity contribution < 1.29 is 0 Å². The van der Waals surface area contributed by atoms with Crippen molar-refractivity contribution in [3.05, 3.63) is 0 Å². The van der Waals surface area contributed by atoms with E-state index in [2.05, 4.69) is 22.0 Å². The fraction of sp³-hybridized carbons (Fsp3) is 0.929. The van der Waals surface area contributed by atoms with Crippen molar-refractivity contribution in [1.82, 2.24) is 10.7 Å². The lowest BCUT2D eigenvalue weighted by Crippen LogP contribution is -2.47. The molecule has 1 saturated carbocycles. The molecule has 0 bridgehead atoms. The predicted molar refractivity (Wildman–Crippen MR) is 86.5 cm³/mol. The van der Waals surface area contributed by atoms with E-state index in [4.69, 9.17) is 5.84 Å². The molecule has 19 heavy (non-hydrogen) atoms. The summed E-state index contributed by atoms with van der Waals surface area (Å²) in [6.45, 7) is 0.874. The highest BCUT2D eigenvalue weighted by molar-refractivity contribution is 7.98. The molecule has 0 aromatic heterocycles. The maximum absolute atomic E-state index is 5.52. The van der Waals surface area contributed by atoms with E-state index in [1.807, 2.05) is 11.8 Å². The van der Waals surface area contributed by atoms with E-state index in [9.17, 15) is 0 Å². The number of hydrogen-bond donors (Lipinski definition) is 3. The molecule has 0 atom stereocenters. The van der Waals surface area contributed by atoms with Gasteiger partial charge in [0.25, 0.3) is 0 Å². The summed E-state index contributed by atoms with van der Waals surface area (Å²) in [5.41, 5.74) is 2.70. The normalized spacial score (nSPS) is 17.5. The molecule has 0 radical (unpaired) electrons. The fourth-order valence-corrected chi connectivity index (χ4v) is 2.97. The molecule has 0 saturated heterocycles. The lowest BCUT2D eigenvalue weighted by Gasteiger charge is -2.24. The van der Waals surface area contributed by atoms with Gasteiger partial charge in [0.05, 0.1) is 0 Å². The molecule has 0 amide bonds. The topological polar surface area (TPSA) is 62.4 Å². The van der Waals surface area contributed by atoms with Gasteiger partial charge in [-0.1, -0.05) is 32.1 Å². The van der Waals surface area contributed by atoms with Crippen LogP contribution in [0.1, 0.15) is 57.8 Å². The van der Waals surface area contributed by atoms with E-state index in [-0.39, 0.29) is 0 Å². The standard InChI is InChI=1S/C14H30N4S/c1-19-12-8-3-2-7-11-16-14(18-15)17-13-9-5-4-6-10-13/h13H,2-12,15H2,1H3,(H2,16,17,18). The number of aliphatic imine (C=N–C) groups is 1. The zero-order valence-corrected chi connectivity index (χ0v) is 13.1. The Morgan fingerprint density at radius 2 is 1.89 bits per heavy atom. The summed E-state index contributed by atoms with van der Waals surface area (Å²) in [7, 11) is 0. The Balaban J connectivity index is 2.09. The van der Waals surface area contributed by atoms with Crippen molar-refractivity contribution in [2.75, 3.05) is 18.6 Å². The molecule has 1 aliphatic carbocycles. The SMILES string of the molecule is CSCCCCCCN=C(NN)NC1CCCCC1. The van der Waals surface area contributed by atoms with Crippen LogP contribution in [0.15, 0.2) is 4.99 Å². The lowest BCUT2D eigenvalue weighted by molar-refractivity contribution is 0.410. The van der Waals surface area contributed by atoms with Gasteiger partial charge in [0, 0.05) is 12.6 Å². The molecule has 0 aromatic rings. The third-order valence-electron chi connectivity index (χ3n) is 3.61. The van der Waals surface area contributed by atoms with Gasteiger partial charge in [0.15, 0.2) is 0 Å². The molecule has 0 aliphatic heterocycles. The van der Waals surface area contributed by atoms with Crippen LogP contribution in [0.4, 0.5) is 0 Å². The summed E-state index contributed by atoms with van der Waals surface area (Å²) in [4.78, 5) is 4.52. The van der Waals surface area contributed by atoms with E-state index < -0.39 is 0 Å². The lowest BCUT2D eigenvalue weighted by atomic mass is 9.96. The number of hydrazine groups is 1. The number of hydrogen-bond acceptors (Lipinski definition) is 3. The molecule has 0 aromatic carbocycles. The molecule has 0 heterocycles. The number of nitrogens with one attached hydrogen (secondary N) is 2. The fourth-order valence-electron chi connectivity index (χ4n) is 2.48. The second-order valence-corrected chi connectivity index (χ2v) is 6.25. The highest BCUT2D eigenvalue weighted by atomic mass is 32.2. The average molecular weight is 286 g/mol. The largest absolute Gasteiger partial charge is 0.353 e. The van der Waals surface area contributed by atoms with Crippen LogP contribution in [-0.4, -0.2) is 30.6 Å². The van der Waals surface area contributed by atoms with Crippen LogP contribution in [0.25, 0.3) is 0 Å². The average Bonchev–Trinajstić information content (AvgIpc) is 2.46. The van der Waals surface area contributed by atoms with Gasteiger partial charge in [0.2, 0.25) is 5.96 Å². The number of rotatable bonds is 8. The van der Waals surface area contributed by atoms with Crippen LogP contribution in [0.3, 0.4) is 0 Å². The molecular formula is C14H30N4S. The molecule has 112 valence electrons. The van der Waals surface area contributed by atoms with Crippen molar-refractivity contribution in [2.45, 2.75) is 63.8 Å². The first-order valence-electron chi connectivity index (χ1n) is 7.63. The second kappa shape index (κ2) is 11.4. The first kappa shape index (κ1) is 16.6. The van der Waals surface area contributed by atoms with Gasteiger partial charge in [-0.05, 0) is 37.7 Å². The molecular weight excluding hydrogens is 256 g/mol. The van der Waals surface area contributed by atoms with Crippen molar-refractivity contribution in [2.24, 2.45) is 10.8 Å². The van der Waals surface area contributed by atoms with Gasteiger partial charge in [-0.25, -0.2) is 5.84 Å². The quantitative estimate of drug-likeness (QED) is 0.211. The minimum atomic E-state index is 0.560. The monoisotopic (exact) mass is 286 g/mol. The van der Waals surface area contributed by atoms with E-state index in [1.54, 1.807) is 0 Å².